The van der Waals surface area contributed by atoms with Crippen molar-refractivity contribution >= 4 is 0 Å². The average molecular weight is 264 g/mol. The van der Waals surface area contributed by atoms with E-state index in [0.29, 0.717) is 0 Å². The van der Waals surface area contributed by atoms with Gasteiger partial charge in [0, 0.05) is 31.2 Å². The fourth-order valence-corrected chi connectivity index (χ4v) is 4.54. The van der Waals surface area contributed by atoms with Crippen molar-refractivity contribution in [2.45, 2.75) is 83.3 Å². The summed E-state index contributed by atoms with van der Waals surface area (Å²) >= 11 is 0. The van der Waals surface area contributed by atoms with Crippen LogP contribution in [0, 0.1) is 11.8 Å². The molecule has 3 rings (SSSR count). The van der Waals surface area contributed by atoms with Crippen LogP contribution in [0.2, 0.25) is 0 Å². The third kappa shape index (κ3) is 3.16. The number of rotatable bonds is 4. The first-order valence-electron chi connectivity index (χ1n) is 8.78. The molecule has 3 aliphatic rings. The summed E-state index contributed by atoms with van der Waals surface area (Å²) in [5, 5.41) is 3.80. The molecule has 0 aromatic carbocycles. The molecule has 2 nitrogen and oxygen atoms in total. The molecule has 0 aromatic rings. The molecule has 110 valence electrons. The van der Waals surface area contributed by atoms with Gasteiger partial charge >= 0.3 is 0 Å². The molecular formula is C17H32N2. The lowest BCUT2D eigenvalue weighted by molar-refractivity contribution is 0.0407. The number of nitrogens with one attached hydrogen (secondary N) is 1. The maximum atomic E-state index is 3.80. The summed E-state index contributed by atoms with van der Waals surface area (Å²) in [6.07, 6.45) is 11.7. The lowest BCUT2D eigenvalue weighted by Crippen LogP contribution is -2.60. The van der Waals surface area contributed by atoms with Crippen molar-refractivity contribution in [1.82, 2.24) is 10.2 Å². The zero-order chi connectivity index (χ0) is 13.2. The number of hydrogen-bond donors (Lipinski definition) is 1. The van der Waals surface area contributed by atoms with Gasteiger partial charge in [0.05, 0.1) is 0 Å². The Hall–Kier alpha value is -0.0800. The number of nitrogens with zero attached hydrogens (tertiary/aromatic N) is 1. The molecular weight excluding hydrogens is 232 g/mol. The third-order valence-electron chi connectivity index (χ3n) is 5.88. The first-order valence-corrected chi connectivity index (χ1v) is 8.78. The van der Waals surface area contributed by atoms with Crippen LogP contribution in [0.3, 0.4) is 0 Å². The molecule has 1 heterocycles. The summed E-state index contributed by atoms with van der Waals surface area (Å²) < 4.78 is 0. The Morgan fingerprint density at radius 2 is 1.84 bits per heavy atom. The van der Waals surface area contributed by atoms with Gasteiger partial charge in [-0.2, -0.15) is 0 Å². The van der Waals surface area contributed by atoms with Crippen LogP contribution < -0.4 is 5.32 Å². The minimum Gasteiger partial charge on any atom is -0.311 e. The second-order valence-electron chi connectivity index (χ2n) is 7.27. The van der Waals surface area contributed by atoms with Gasteiger partial charge in [-0.15, -0.1) is 0 Å². The quantitative estimate of drug-likeness (QED) is 0.837. The van der Waals surface area contributed by atoms with Crippen LogP contribution in [-0.4, -0.2) is 36.1 Å². The predicted octanol–water partition coefficient (Wildman–Crippen LogP) is 3.42. The first-order chi connectivity index (χ1) is 9.29. The van der Waals surface area contributed by atoms with Crippen LogP contribution in [-0.2, 0) is 0 Å². The van der Waals surface area contributed by atoms with Crippen LogP contribution in [0.5, 0.6) is 0 Å². The highest BCUT2D eigenvalue weighted by atomic mass is 15.3. The van der Waals surface area contributed by atoms with Gasteiger partial charge < -0.3 is 5.32 Å². The fraction of sp³-hybridized carbons (Fsp3) is 1.00. The van der Waals surface area contributed by atoms with E-state index in [9.17, 15) is 0 Å². The maximum absolute atomic E-state index is 3.80. The van der Waals surface area contributed by atoms with Crippen molar-refractivity contribution in [3.63, 3.8) is 0 Å². The molecule has 0 radical (unpaired) electrons. The molecule has 1 saturated heterocycles. The van der Waals surface area contributed by atoms with E-state index in [2.05, 4.69) is 24.1 Å². The van der Waals surface area contributed by atoms with Gasteiger partial charge in [0.25, 0.3) is 0 Å². The van der Waals surface area contributed by atoms with Crippen molar-refractivity contribution in [3.8, 4) is 0 Å². The van der Waals surface area contributed by atoms with E-state index in [1.807, 2.05) is 0 Å². The van der Waals surface area contributed by atoms with Gasteiger partial charge in [0.2, 0.25) is 0 Å². The van der Waals surface area contributed by atoms with E-state index in [0.717, 1.165) is 30.0 Å². The highest BCUT2D eigenvalue weighted by molar-refractivity contribution is 4.96. The molecule has 0 bridgehead atoms. The summed E-state index contributed by atoms with van der Waals surface area (Å²) in [7, 11) is 0. The molecule has 3 fully saturated rings. The minimum atomic E-state index is 0.738. The summed E-state index contributed by atoms with van der Waals surface area (Å²) in [6, 6.07) is 2.40. The van der Waals surface area contributed by atoms with Gasteiger partial charge in [-0.1, -0.05) is 26.2 Å². The van der Waals surface area contributed by atoms with Gasteiger partial charge in [-0.05, 0) is 50.9 Å². The van der Waals surface area contributed by atoms with Gasteiger partial charge in [0.15, 0.2) is 0 Å². The zero-order valence-electron chi connectivity index (χ0n) is 12.9. The number of piperazine rings is 1. The Bertz CT molecular complexity index is 281. The molecule has 0 amide bonds. The second kappa shape index (κ2) is 6.13. The molecule has 2 saturated carbocycles. The van der Waals surface area contributed by atoms with Crippen molar-refractivity contribution < 1.29 is 0 Å². The molecule has 3 unspecified atom stereocenters. The average Bonchev–Trinajstić information content (AvgIpc) is 3.27. The Morgan fingerprint density at radius 3 is 2.47 bits per heavy atom. The lowest BCUT2D eigenvalue weighted by Gasteiger charge is -2.47. The zero-order valence-corrected chi connectivity index (χ0v) is 12.9. The van der Waals surface area contributed by atoms with E-state index < -0.39 is 0 Å². The highest BCUT2D eigenvalue weighted by Crippen LogP contribution is 2.37. The van der Waals surface area contributed by atoms with Gasteiger partial charge in [-0.25, -0.2) is 0 Å². The Kier molecular flexibility index (Phi) is 4.48. The molecule has 3 atom stereocenters. The summed E-state index contributed by atoms with van der Waals surface area (Å²) in [5.74, 6) is 1.98. The third-order valence-corrected chi connectivity index (χ3v) is 5.88. The molecule has 0 aromatic heterocycles. The maximum Gasteiger partial charge on any atom is 0.0224 e. The van der Waals surface area contributed by atoms with Crippen molar-refractivity contribution in [2.75, 3.05) is 13.1 Å². The standard InChI is InChI=1S/C17H32N2/c1-3-17(15-7-5-4-6-8-15)19-12-16(14-9-10-14)18-11-13(19)2/h13-18H,3-12H2,1-2H3. The topological polar surface area (TPSA) is 15.3 Å². The Labute approximate surface area is 119 Å². The fourth-order valence-electron chi connectivity index (χ4n) is 4.54. The highest BCUT2D eigenvalue weighted by Gasteiger charge is 2.39. The summed E-state index contributed by atoms with van der Waals surface area (Å²) in [6.45, 7) is 7.38. The molecule has 0 spiro atoms. The van der Waals surface area contributed by atoms with Crippen LogP contribution in [0.25, 0.3) is 0 Å². The van der Waals surface area contributed by atoms with E-state index in [1.54, 1.807) is 0 Å². The molecule has 2 heteroatoms. The second-order valence-corrected chi connectivity index (χ2v) is 7.27. The van der Waals surface area contributed by atoms with E-state index in [1.165, 1.54) is 64.5 Å². The molecule has 2 aliphatic carbocycles. The smallest absolute Gasteiger partial charge is 0.0224 e. The SMILES string of the molecule is CCC(C1CCCCC1)N1CC(C2CC2)NCC1C. The largest absolute Gasteiger partial charge is 0.311 e. The first kappa shape index (κ1) is 13.9. The van der Waals surface area contributed by atoms with Gasteiger partial charge in [-0.3, -0.25) is 4.90 Å². The van der Waals surface area contributed by atoms with Gasteiger partial charge in [0.1, 0.15) is 0 Å². The summed E-state index contributed by atoms with van der Waals surface area (Å²) in [4.78, 5) is 2.88. The van der Waals surface area contributed by atoms with Crippen LogP contribution >= 0.6 is 0 Å². The van der Waals surface area contributed by atoms with Crippen LogP contribution in [0.4, 0.5) is 0 Å². The van der Waals surface area contributed by atoms with E-state index in [4.69, 9.17) is 0 Å². The van der Waals surface area contributed by atoms with Crippen LogP contribution in [0.1, 0.15) is 65.2 Å². The molecule has 1 aliphatic heterocycles. The number of hydrogen-bond acceptors (Lipinski definition) is 2. The van der Waals surface area contributed by atoms with Crippen molar-refractivity contribution in [2.24, 2.45) is 11.8 Å². The van der Waals surface area contributed by atoms with Crippen molar-refractivity contribution in [3.05, 3.63) is 0 Å². The van der Waals surface area contributed by atoms with E-state index in [-0.39, 0.29) is 0 Å². The summed E-state index contributed by atoms with van der Waals surface area (Å²) in [5.41, 5.74) is 0. The lowest BCUT2D eigenvalue weighted by atomic mass is 9.81. The monoisotopic (exact) mass is 264 g/mol. The molecule has 1 N–H and O–H groups in total. The Balaban J connectivity index is 1.65. The Morgan fingerprint density at radius 1 is 1.11 bits per heavy atom. The molecule has 19 heavy (non-hydrogen) atoms. The van der Waals surface area contributed by atoms with Crippen molar-refractivity contribution in [1.29, 1.82) is 0 Å². The minimum absolute atomic E-state index is 0.738. The normalized spacial score (nSPS) is 36.3. The van der Waals surface area contributed by atoms with E-state index >= 15 is 0 Å². The van der Waals surface area contributed by atoms with Crippen LogP contribution in [0.15, 0.2) is 0 Å². The predicted molar refractivity (Wildman–Crippen MR) is 81.3 cm³/mol.